The SMILES string of the molecule is CCCn1cc(S(=O)(=O)NCC(C)C(N)=NO)nc1C. The maximum atomic E-state index is 12.1. The largest absolute Gasteiger partial charge is 0.409 e. The lowest BCUT2D eigenvalue weighted by Crippen LogP contribution is -2.34. The Bertz CT molecular complexity index is 579. The molecule has 1 aromatic heterocycles. The van der Waals surface area contributed by atoms with Gasteiger partial charge in [0.15, 0.2) is 5.03 Å². The maximum absolute atomic E-state index is 12.1. The van der Waals surface area contributed by atoms with E-state index in [1.807, 2.05) is 6.92 Å². The number of hydrogen-bond donors (Lipinski definition) is 3. The van der Waals surface area contributed by atoms with Crippen molar-refractivity contribution >= 4 is 15.9 Å². The molecule has 114 valence electrons. The van der Waals surface area contributed by atoms with Gasteiger partial charge in [-0.3, -0.25) is 0 Å². The number of rotatable bonds is 7. The van der Waals surface area contributed by atoms with Crippen LogP contribution in [0.4, 0.5) is 0 Å². The van der Waals surface area contributed by atoms with Crippen LogP contribution in [0.15, 0.2) is 16.4 Å². The van der Waals surface area contributed by atoms with E-state index >= 15 is 0 Å². The fourth-order valence-corrected chi connectivity index (χ4v) is 2.72. The van der Waals surface area contributed by atoms with Gasteiger partial charge < -0.3 is 15.5 Å². The molecule has 1 rings (SSSR count). The minimum atomic E-state index is -3.69. The molecule has 1 unspecified atom stereocenters. The molecule has 0 saturated heterocycles. The van der Waals surface area contributed by atoms with Crippen molar-refractivity contribution in [1.82, 2.24) is 14.3 Å². The molecule has 0 aromatic carbocycles. The summed E-state index contributed by atoms with van der Waals surface area (Å²) in [5, 5.41) is 11.3. The molecule has 0 amide bonds. The van der Waals surface area contributed by atoms with E-state index in [0.29, 0.717) is 5.82 Å². The summed E-state index contributed by atoms with van der Waals surface area (Å²) in [6, 6.07) is 0. The van der Waals surface area contributed by atoms with Crippen molar-refractivity contribution in [3.05, 3.63) is 12.0 Å². The van der Waals surface area contributed by atoms with E-state index in [1.54, 1.807) is 18.4 Å². The first-order valence-electron chi connectivity index (χ1n) is 6.32. The molecule has 0 aliphatic heterocycles. The Morgan fingerprint density at radius 2 is 2.30 bits per heavy atom. The summed E-state index contributed by atoms with van der Waals surface area (Å²) < 4.78 is 28.4. The fourth-order valence-electron chi connectivity index (χ4n) is 1.59. The van der Waals surface area contributed by atoms with Gasteiger partial charge in [0.25, 0.3) is 10.0 Å². The molecular weight excluding hydrogens is 282 g/mol. The summed E-state index contributed by atoms with van der Waals surface area (Å²) in [5.41, 5.74) is 5.40. The number of nitrogens with two attached hydrogens (primary N) is 1. The zero-order chi connectivity index (χ0) is 15.3. The summed E-state index contributed by atoms with van der Waals surface area (Å²) in [5.74, 6) is 0.214. The number of imidazole rings is 1. The molecule has 0 aliphatic rings. The zero-order valence-electron chi connectivity index (χ0n) is 11.9. The third-order valence-electron chi connectivity index (χ3n) is 2.89. The van der Waals surface area contributed by atoms with Crippen LogP contribution in [0.5, 0.6) is 0 Å². The number of hydrogen-bond acceptors (Lipinski definition) is 5. The monoisotopic (exact) mass is 303 g/mol. The lowest BCUT2D eigenvalue weighted by atomic mass is 10.2. The van der Waals surface area contributed by atoms with Crippen LogP contribution in [0.25, 0.3) is 0 Å². The van der Waals surface area contributed by atoms with E-state index in [2.05, 4.69) is 14.9 Å². The highest BCUT2D eigenvalue weighted by molar-refractivity contribution is 7.89. The van der Waals surface area contributed by atoms with E-state index < -0.39 is 15.9 Å². The number of nitrogens with zero attached hydrogens (tertiary/aromatic N) is 3. The van der Waals surface area contributed by atoms with Gasteiger partial charge in [-0.1, -0.05) is 19.0 Å². The third kappa shape index (κ3) is 3.94. The second kappa shape index (κ2) is 6.71. The Labute approximate surface area is 118 Å². The molecular formula is C11H21N5O3S. The average Bonchev–Trinajstić information content (AvgIpc) is 2.78. The summed E-state index contributed by atoms with van der Waals surface area (Å²) in [6.07, 6.45) is 2.40. The van der Waals surface area contributed by atoms with Crippen LogP contribution in [0.3, 0.4) is 0 Å². The molecule has 1 heterocycles. The second-order valence-electron chi connectivity index (χ2n) is 4.60. The van der Waals surface area contributed by atoms with E-state index in [9.17, 15) is 8.42 Å². The quantitative estimate of drug-likeness (QED) is 0.289. The van der Waals surface area contributed by atoms with Gasteiger partial charge in [0.05, 0.1) is 0 Å². The van der Waals surface area contributed by atoms with Crippen LogP contribution in [-0.2, 0) is 16.6 Å². The predicted octanol–water partition coefficient (Wildman–Crippen LogP) is 0.262. The standard InChI is InChI=1S/C11H21N5O3S/c1-4-5-16-7-10(14-9(16)3)20(18,19)13-6-8(2)11(12)15-17/h7-8,13,17H,4-6H2,1-3H3,(H2,12,15). The molecule has 0 bridgehead atoms. The predicted molar refractivity (Wildman–Crippen MR) is 75.0 cm³/mol. The third-order valence-corrected chi connectivity index (χ3v) is 4.19. The van der Waals surface area contributed by atoms with Crippen LogP contribution in [-0.4, -0.2) is 35.6 Å². The van der Waals surface area contributed by atoms with Gasteiger partial charge in [-0.15, -0.1) is 0 Å². The lowest BCUT2D eigenvalue weighted by molar-refractivity contribution is 0.314. The van der Waals surface area contributed by atoms with Gasteiger partial charge in [0.2, 0.25) is 0 Å². The van der Waals surface area contributed by atoms with E-state index in [4.69, 9.17) is 10.9 Å². The molecule has 0 radical (unpaired) electrons. The maximum Gasteiger partial charge on any atom is 0.259 e. The summed E-state index contributed by atoms with van der Waals surface area (Å²) in [4.78, 5) is 4.05. The van der Waals surface area contributed by atoms with Crippen LogP contribution in [0.2, 0.25) is 0 Å². The van der Waals surface area contributed by atoms with E-state index in [-0.39, 0.29) is 17.4 Å². The Balaban J connectivity index is 2.81. The molecule has 0 spiro atoms. The minimum Gasteiger partial charge on any atom is -0.409 e. The highest BCUT2D eigenvalue weighted by Gasteiger charge is 2.20. The topological polar surface area (TPSA) is 123 Å². The van der Waals surface area contributed by atoms with Gasteiger partial charge >= 0.3 is 0 Å². The molecule has 0 fully saturated rings. The van der Waals surface area contributed by atoms with Crippen LogP contribution in [0.1, 0.15) is 26.1 Å². The molecule has 20 heavy (non-hydrogen) atoms. The Hall–Kier alpha value is -1.61. The van der Waals surface area contributed by atoms with Gasteiger partial charge in [-0.2, -0.15) is 0 Å². The number of amidine groups is 1. The number of sulfonamides is 1. The van der Waals surface area contributed by atoms with Crippen molar-refractivity contribution in [2.45, 2.75) is 38.8 Å². The molecule has 1 atom stereocenters. The van der Waals surface area contributed by atoms with Crippen molar-refractivity contribution in [2.24, 2.45) is 16.8 Å². The molecule has 9 heteroatoms. The van der Waals surface area contributed by atoms with Crippen LogP contribution in [0, 0.1) is 12.8 Å². The number of aromatic nitrogens is 2. The number of aryl methyl sites for hydroxylation is 2. The summed E-state index contributed by atoms with van der Waals surface area (Å²) in [7, 11) is -3.69. The molecule has 0 saturated carbocycles. The molecule has 0 aliphatic carbocycles. The van der Waals surface area contributed by atoms with Gasteiger partial charge in [0, 0.05) is 25.2 Å². The minimum absolute atomic E-state index is 0.0184. The smallest absolute Gasteiger partial charge is 0.259 e. The fraction of sp³-hybridized carbons (Fsp3) is 0.636. The van der Waals surface area contributed by atoms with Crippen molar-refractivity contribution in [2.75, 3.05) is 6.54 Å². The summed E-state index contributed by atoms with van der Waals surface area (Å²) >= 11 is 0. The first-order chi connectivity index (χ1) is 9.31. The number of nitrogens with one attached hydrogen (secondary N) is 1. The lowest BCUT2D eigenvalue weighted by Gasteiger charge is -2.10. The van der Waals surface area contributed by atoms with Gasteiger partial charge in [-0.25, -0.2) is 18.1 Å². The van der Waals surface area contributed by atoms with Crippen LogP contribution < -0.4 is 10.5 Å². The van der Waals surface area contributed by atoms with Crippen LogP contribution >= 0.6 is 0 Å². The zero-order valence-corrected chi connectivity index (χ0v) is 12.7. The molecule has 1 aromatic rings. The van der Waals surface area contributed by atoms with Gasteiger partial charge in [-0.05, 0) is 13.3 Å². The molecule has 4 N–H and O–H groups in total. The van der Waals surface area contributed by atoms with Crippen molar-refractivity contribution in [3.63, 3.8) is 0 Å². The number of oxime groups is 1. The summed E-state index contributed by atoms with van der Waals surface area (Å²) in [6.45, 7) is 6.17. The van der Waals surface area contributed by atoms with E-state index in [1.165, 1.54) is 6.20 Å². The Morgan fingerprint density at radius 1 is 1.65 bits per heavy atom. The van der Waals surface area contributed by atoms with E-state index in [0.717, 1.165) is 13.0 Å². The Morgan fingerprint density at radius 3 is 2.85 bits per heavy atom. The Kier molecular flexibility index (Phi) is 5.52. The second-order valence-corrected chi connectivity index (χ2v) is 6.31. The normalized spacial score (nSPS) is 14.4. The molecule has 8 nitrogen and oxygen atoms in total. The first-order valence-corrected chi connectivity index (χ1v) is 7.81. The van der Waals surface area contributed by atoms with Gasteiger partial charge in [0.1, 0.15) is 11.7 Å². The first kappa shape index (κ1) is 16.4. The highest BCUT2D eigenvalue weighted by Crippen LogP contribution is 2.10. The van der Waals surface area contributed by atoms with Crippen molar-refractivity contribution < 1.29 is 13.6 Å². The average molecular weight is 303 g/mol. The van der Waals surface area contributed by atoms with Crippen molar-refractivity contribution in [3.8, 4) is 0 Å². The van der Waals surface area contributed by atoms with Crippen molar-refractivity contribution in [1.29, 1.82) is 0 Å². The highest BCUT2D eigenvalue weighted by atomic mass is 32.2.